The second kappa shape index (κ2) is 11.2. The lowest BCUT2D eigenvalue weighted by molar-refractivity contribution is 0.0951. The van der Waals surface area contributed by atoms with E-state index in [1.807, 2.05) is 0 Å². The normalized spacial score (nSPS) is 14.3. The summed E-state index contributed by atoms with van der Waals surface area (Å²) in [4.78, 5) is 38.0. The Hall–Kier alpha value is -2.80. The van der Waals surface area contributed by atoms with Gasteiger partial charge in [-0.15, -0.1) is 0 Å². The van der Waals surface area contributed by atoms with E-state index in [1.165, 1.54) is 16.8 Å². The third-order valence-corrected chi connectivity index (χ3v) is 6.12. The van der Waals surface area contributed by atoms with Gasteiger partial charge in [-0.3, -0.25) is 14.4 Å². The highest BCUT2D eigenvalue weighted by Gasteiger charge is 2.18. The molecule has 0 bridgehead atoms. The molecular formula is C25H32FN3O3. The Bertz CT molecular complexity index is 1030. The van der Waals surface area contributed by atoms with Crippen molar-refractivity contribution in [1.29, 1.82) is 0 Å². The van der Waals surface area contributed by atoms with Crippen LogP contribution in [0.2, 0.25) is 0 Å². The molecular weight excluding hydrogens is 409 g/mol. The topological polar surface area (TPSA) is 80.2 Å². The predicted molar refractivity (Wildman–Crippen MR) is 123 cm³/mol. The van der Waals surface area contributed by atoms with Gasteiger partial charge in [0, 0.05) is 24.7 Å². The van der Waals surface area contributed by atoms with Crippen molar-refractivity contribution in [2.24, 2.45) is 5.92 Å². The average Bonchev–Trinajstić information content (AvgIpc) is 2.81. The monoisotopic (exact) mass is 441 g/mol. The number of hydrogen-bond donors (Lipinski definition) is 2. The molecule has 1 amide bonds. The number of nitrogens with zero attached hydrogens (tertiary/aromatic N) is 1. The molecule has 0 radical (unpaired) electrons. The predicted octanol–water partition coefficient (Wildman–Crippen LogP) is 3.45. The summed E-state index contributed by atoms with van der Waals surface area (Å²) in [7, 11) is 0. The van der Waals surface area contributed by atoms with E-state index >= 15 is 0 Å². The fraction of sp³-hybridized carbons (Fsp3) is 0.480. The molecule has 0 atom stereocenters. The molecule has 1 aromatic carbocycles. The van der Waals surface area contributed by atoms with Gasteiger partial charge in [0.05, 0.1) is 17.7 Å². The number of rotatable bonds is 9. The van der Waals surface area contributed by atoms with Crippen LogP contribution in [0.1, 0.15) is 70.9 Å². The van der Waals surface area contributed by atoms with Crippen LogP contribution >= 0.6 is 0 Å². The number of aryl methyl sites for hydroxylation is 1. The maximum Gasteiger partial charge on any atom is 0.261 e. The number of carbonyl (C=O) groups excluding carboxylic acids is 2. The molecule has 2 aromatic rings. The summed E-state index contributed by atoms with van der Waals surface area (Å²) in [6.07, 6.45) is 5.83. The second-order valence-corrected chi connectivity index (χ2v) is 8.49. The highest BCUT2D eigenvalue weighted by Crippen LogP contribution is 2.17. The number of benzene rings is 1. The van der Waals surface area contributed by atoms with Gasteiger partial charge in [0.1, 0.15) is 5.82 Å². The van der Waals surface area contributed by atoms with Crippen molar-refractivity contribution in [2.45, 2.75) is 52.5 Å². The first-order valence-corrected chi connectivity index (χ1v) is 11.4. The van der Waals surface area contributed by atoms with Crippen LogP contribution in [0.5, 0.6) is 0 Å². The maximum absolute atomic E-state index is 14.5. The fourth-order valence-corrected chi connectivity index (χ4v) is 4.15. The van der Waals surface area contributed by atoms with Crippen molar-refractivity contribution < 1.29 is 14.0 Å². The zero-order valence-electron chi connectivity index (χ0n) is 18.9. The van der Waals surface area contributed by atoms with Crippen LogP contribution in [-0.2, 0) is 6.54 Å². The molecule has 7 heteroatoms. The summed E-state index contributed by atoms with van der Waals surface area (Å²) < 4.78 is 15.8. The lowest BCUT2D eigenvalue weighted by Crippen LogP contribution is -2.32. The highest BCUT2D eigenvalue weighted by molar-refractivity contribution is 6.00. The number of pyridine rings is 1. The van der Waals surface area contributed by atoms with Gasteiger partial charge < -0.3 is 15.2 Å². The number of piperidine rings is 1. The van der Waals surface area contributed by atoms with Gasteiger partial charge >= 0.3 is 0 Å². The molecule has 2 heterocycles. The Balaban J connectivity index is 1.76. The van der Waals surface area contributed by atoms with E-state index in [2.05, 4.69) is 10.6 Å². The molecule has 1 aromatic heterocycles. The molecule has 2 N–H and O–H groups in total. The van der Waals surface area contributed by atoms with Crippen molar-refractivity contribution in [3.8, 4) is 0 Å². The van der Waals surface area contributed by atoms with Gasteiger partial charge in [0.15, 0.2) is 5.78 Å². The first kappa shape index (κ1) is 23.9. The Morgan fingerprint density at radius 1 is 1.25 bits per heavy atom. The van der Waals surface area contributed by atoms with Gasteiger partial charge in [-0.2, -0.15) is 0 Å². The van der Waals surface area contributed by atoms with Crippen LogP contribution in [-0.4, -0.2) is 35.9 Å². The molecule has 1 saturated heterocycles. The molecule has 1 aliphatic heterocycles. The van der Waals surface area contributed by atoms with Crippen molar-refractivity contribution in [1.82, 2.24) is 15.2 Å². The summed E-state index contributed by atoms with van der Waals surface area (Å²) in [5.41, 5.74) is 0.490. The van der Waals surface area contributed by atoms with E-state index in [0.717, 1.165) is 38.8 Å². The van der Waals surface area contributed by atoms with Crippen LogP contribution in [0.25, 0.3) is 0 Å². The third kappa shape index (κ3) is 5.91. The standard InChI is InChI=1S/C25H32FN3O3/c1-3-22(30)21-14-20(24(31)28-11-5-7-18-9-12-27-13-10-18)16-29(25(21)32)15-19-8-4-6-17(2)23(19)26/h4,6,8,14,16,18,27H,3,5,7,9-13,15H2,1-2H3,(H,28,31). The molecule has 0 aliphatic carbocycles. The zero-order chi connectivity index (χ0) is 23.1. The third-order valence-electron chi connectivity index (χ3n) is 6.12. The molecule has 0 saturated carbocycles. The largest absolute Gasteiger partial charge is 0.352 e. The lowest BCUT2D eigenvalue weighted by atomic mass is 9.93. The second-order valence-electron chi connectivity index (χ2n) is 8.49. The van der Waals surface area contributed by atoms with Crippen molar-refractivity contribution >= 4 is 11.7 Å². The SMILES string of the molecule is CCC(=O)c1cc(C(=O)NCCCC2CCNCC2)cn(Cc2cccc(C)c2F)c1=O. The smallest absolute Gasteiger partial charge is 0.261 e. The van der Waals surface area contributed by atoms with Crippen LogP contribution in [0.3, 0.4) is 0 Å². The van der Waals surface area contributed by atoms with Gasteiger partial charge in [-0.1, -0.05) is 25.1 Å². The summed E-state index contributed by atoms with van der Waals surface area (Å²) >= 11 is 0. The Morgan fingerprint density at radius 3 is 2.72 bits per heavy atom. The summed E-state index contributed by atoms with van der Waals surface area (Å²) in [5, 5.41) is 6.25. The summed E-state index contributed by atoms with van der Waals surface area (Å²) in [6, 6.07) is 6.33. The van der Waals surface area contributed by atoms with E-state index < -0.39 is 11.4 Å². The first-order chi connectivity index (χ1) is 15.4. The number of hydrogen-bond acceptors (Lipinski definition) is 4. The number of ketones is 1. The minimum Gasteiger partial charge on any atom is -0.352 e. The van der Waals surface area contributed by atoms with E-state index in [4.69, 9.17) is 0 Å². The Labute approximate surface area is 188 Å². The summed E-state index contributed by atoms with van der Waals surface area (Å²) in [6.45, 7) is 5.91. The number of aromatic nitrogens is 1. The fourth-order valence-electron chi connectivity index (χ4n) is 4.15. The molecule has 1 fully saturated rings. The van der Waals surface area contributed by atoms with Gasteiger partial charge in [0.25, 0.3) is 11.5 Å². The summed E-state index contributed by atoms with van der Waals surface area (Å²) in [5.74, 6) is -0.378. The van der Waals surface area contributed by atoms with E-state index in [-0.39, 0.29) is 35.8 Å². The number of Topliss-reactive ketones (excluding diaryl/α,β-unsaturated/α-hetero) is 1. The van der Waals surface area contributed by atoms with Crippen LogP contribution in [0.15, 0.2) is 35.3 Å². The molecule has 6 nitrogen and oxygen atoms in total. The minimum atomic E-state index is -0.514. The van der Waals surface area contributed by atoms with Gasteiger partial charge in [0.2, 0.25) is 0 Å². The van der Waals surface area contributed by atoms with E-state index in [0.29, 0.717) is 23.6 Å². The first-order valence-electron chi connectivity index (χ1n) is 11.4. The zero-order valence-corrected chi connectivity index (χ0v) is 18.9. The molecule has 32 heavy (non-hydrogen) atoms. The van der Waals surface area contributed by atoms with Gasteiger partial charge in [-0.05, 0) is 63.2 Å². The number of halogens is 1. The highest BCUT2D eigenvalue weighted by atomic mass is 19.1. The maximum atomic E-state index is 14.5. The minimum absolute atomic E-state index is 0.0390. The molecule has 1 aliphatic rings. The van der Waals surface area contributed by atoms with Crippen LogP contribution in [0, 0.1) is 18.7 Å². The van der Waals surface area contributed by atoms with Crippen LogP contribution in [0.4, 0.5) is 4.39 Å². The number of nitrogens with one attached hydrogen (secondary N) is 2. The molecule has 0 unspecified atom stereocenters. The van der Waals surface area contributed by atoms with Gasteiger partial charge in [-0.25, -0.2) is 4.39 Å². The number of amides is 1. The van der Waals surface area contributed by atoms with Crippen molar-refractivity contribution in [2.75, 3.05) is 19.6 Å². The Kier molecular flexibility index (Phi) is 8.33. The van der Waals surface area contributed by atoms with E-state index in [1.54, 1.807) is 32.0 Å². The average molecular weight is 442 g/mol. The van der Waals surface area contributed by atoms with Crippen molar-refractivity contribution in [3.63, 3.8) is 0 Å². The Morgan fingerprint density at radius 2 is 2.00 bits per heavy atom. The molecule has 0 spiro atoms. The van der Waals surface area contributed by atoms with E-state index in [9.17, 15) is 18.8 Å². The molecule has 172 valence electrons. The van der Waals surface area contributed by atoms with Crippen molar-refractivity contribution in [3.05, 3.63) is 68.9 Å². The lowest BCUT2D eigenvalue weighted by Gasteiger charge is -2.22. The molecule has 3 rings (SSSR count). The number of carbonyl (C=O) groups is 2. The van der Waals surface area contributed by atoms with Crippen LogP contribution < -0.4 is 16.2 Å². The quantitative estimate of drug-likeness (QED) is 0.461.